The van der Waals surface area contributed by atoms with Crippen LogP contribution in [0.4, 0.5) is 18.9 Å². The average Bonchev–Trinajstić information content (AvgIpc) is 3.19. The molecule has 1 saturated heterocycles. The van der Waals surface area contributed by atoms with Crippen molar-refractivity contribution in [3.63, 3.8) is 0 Å². The van der Waals surface area contributed by atoms with Crippen LogP contribution in [-0.4, -0.2) is 29.5 Å². The van der Waals surface area contributed by atoms with E-state index in [9.17, 15) is 18.0 Å². The lowest BCUT2D eigenvalue weighted by Crippen LogP contribution is -2.40. The fourth-order valence-electron chi connectivity index (χ4n) is 4.38. The highest BCUT2D eigenvalue weighted by Gasteiger charge is 2.41. The summed E-state index contributed by atoms with van der Waals surface area (Å²) in [6.07, 6.45) is 0.744. The minimum Gasteiger partial charge on any atom is -0.381 e. The van der Waals surface area contributed by atoms with Crippen LogP contribution >= 0.6 is 0 Å². The number of benzene rings is 2. The Morgan fingerprint density at radius 1 is 1.11 bits per heavy atom. The van der Waals surface area contributed by atoms with Gasteiger partial charge in [-0.2, -0.15) is 5.10 Å². The molecule has 28 heavy (non-hydrogen) atoms. The Hall–Kier alpha value is -2.87. The molecule has 1 fully saturated rings. The molecule has 0 aliphatic carbocycles. The van der Waals surface area contributed by atoms with E-state index in [0.717, 1.165) is 18.6 Å². The van der Waals surface area contributed by atoms with Crippen LogP contribution in [0.2, 0.25) is 0 Å². The fraction of sp³-hybridized carbons (Fsp3) is 0.300. The van der Waals surface area contributed by atoms with E-state index in [-0.39, 0.29) is 22.9 Å². The van der Waals surface area contributed by atoms with Gasteiger partial charge >= 0.3 is 0 Å². The van der Waals surface area contributed by atoms with Gasteiger partial charge in [-0.15, -0.1) is 0 Å². The van der Waals surface area contributed by atoms with E-state index in [1.54, 1.807) is 0 Å². The number of ether oxygens (including phenoxy) is 1. The Morgan fingerprint density at radius 2 is 1.96 bits per heavy atom. The number of rotatable bonds is 2. The molecule has 0 radical (unpaired) electrons. The third-order valence-corrected chi connectivity index (χ3v) is 5.63. The van der Waals surface area contributed by atoms with Crippen molar-refractivity contribution in [3.05, 3.63) is 69.4 Å². The first-order valence-corrected chi connectivity index (χ1v) is 9.04. The maximum absolute atomic E-state index is 14.7. The summed E-state index contributed by atoms with van der Waals surface area (Å²) in [4.78, 5) is 12.2. The Morgan fingerprint density at radius 3 is 2.71 bits per heavy atom. The van der Waals surface area contributed by atoms with Gasteiger partial charge in [-0.05, 0) is 30.2 Å². The molecule has 2 N–H and O–H groups in total. The molecule has 0 amide bonds. The molecule has 0 bridgehead atoms. The number of nitrogens with zero attached hydrogens (tertiary/aromatic N) is 1. The SMILES string of the molecule is O=c1[nH]nc2c3c(cc(F)cc13)N[C@H]([C@H]1CCOC1)[C@H]2c1ccc(F)cc1F. The molecule has 5 nitrogen and oxygen atoms in total. The van der Waals surface area contributed by atoms with Crippen LogP contribution in [0.25, 0.3) is 10.8 Å². The van der Waals surface area contributed by atoms with Crippen LogP contribution in [0.5, 0.6) is 0 Å². The van der Waals surface area contributed by atoms with Gasteiger partial charge in [0.1, 0.15) is 17.5 Å². The molecular weight excluding hydrogens is 371 g/mol. The lowest BCUT2D eigenvalue weighted by atomic mass is 9.77. The summed E-state index contributed by atoms with van der Waals surface area (Å²) in [5.41, 5.74) is 0.619. The summed E-state index contributed by atoms with van der Waals surface area (Å²) >= 11 is 0. The van der Waals surface area contributed by atoms with Gasteiger partial charge in [0.15, 0.2) is 0 Å². The van der Waals surface area contributed by atoms with Gasteiger partial charge in [-0.3, -0.25) is 4.79 Å². The van der Waals surface area contributed by atoms with Crippen LogP contribution in [0.15, 0.2) is 35.1 Å². The number of nitrogens with one attached hydrogen (secondary N) is 2. The van der Waals surface area contributed by atoms with Crippen LogP contribution in [0.1, 0.15) is 23.6 Å². The predicted octanol–water partition coefficient (Wildman–Crippen LogP) is 3.30. The summed E-state index contributed by atoms with van der Waals surface area (Å²) in [6.45, 7) is 1.04. The van der Waals surface area contributed by atoms with Crippen molar-refractivity contribution in [3.8, 4) is 0 Å². The first-order valence-electron chi connectivity index (χ1n) is 9.04. The number of aromatic nitrogens is 2. The van der Waals surface area contributed by atoms with Gasteiger partial charge in [-0.1, -0.05) is 6.07 Å². The molecule has 8 heteroatoms. The number of H-pyrrole nitrogens is 1. The molecule has 144 valence electrons. The highest BCUT2D eigenvalue weighted by Crippen LogP contribution is 2.44. The monoisotopic (exact) mass is 387 g/mol. The van der Waals surface area contributed by atoms with E-state index in [1.165, 1.54) is 18.2 Å². The fourth-order valence-corrected chi connectivity index (χ4v) is 4.38. The molecule has 0 unspecified atom stereocenters. The Kier molecular flexibility index (Phi) is 3.90. The summed E-state index contributed by atoms with van der Waals surface area (Å²) in [5, 5.41) is 10.5. The summed E-state index contributed by atoms with van der Waals surface area (Å²) in [5.74, 6) is -2.49. The second-order valence-electron chi connectivity index (χ2n) is 7.25. The summed E-state index contributed by atoms with van der Waals surface area (Å²) in [6, 6.07) is 5.53. The first kappa shape index (κ1) is 17.2. The lowest BCUT2D eigenvalue weighted by molar-refractivity contribution is 0.180. The maximum Gasteiger partial charge on any atom is 0.272 e. The normalized spacial score (nSPS) is 23.8. The number of anilines is 1. The van der Waals surface area contributed by atoms with Crippen molar-refractivity contribution < 1.29 is 17.9 Å². The molecule has 3 aromatic rings. The van der Waals surface area contributed by atoms with Crippen molar-refractivity contribution in [2.75, 3.05) is 18.5 Å². The van der Waals surface area contributed by atoms with Crippen molar-refractivity contribution in [1.82, 2.24) is 10.2 Å². The van der Waals surface area contributed by atoms with Crippen LogP contribution in [-0.2, 0) is 4.74 Å². The molecule has 2 aliphatic heterocycles. The zero-order valence-electron chi connectivity index (χ0n) is 14.6. The standard InChI is InChI=1S/C20H16F3N3O2/c21-10-1-2-12(14(23)6-10)17-18(9-3-4-28-8-9)24-15-7-11(22)5-13-16(15)19(17)25-26-20(13)27/h1-2,5-7,9,17-18,24H,3-4,8H2,(H,26,27)/t9-,17+,18+/m0/s1. The zero-order valence-corrected chi connectivity index (χ0v) is 14.6. The Labute approximate surface area is 157 Å². The quantitative estimate of drug-likeness (QED) is 0.708. The predicted molar refractivity (Wildman–Crippen MR) is 96.9 cm³/mol. The second kappa shape index (κ2) is 6.34. The van der Waals surface area contributed by atoms with E-state index in [0.29, 0.717) is 30.0 Å². The van der Waals surface area contributed by atoms with Gasteiger partial charge in [-0.25, -0.2) is 18.3 Å². The second-order valence-corrected chi connectivity index (χ2v) is 7.25. The number of hydrogen-bond donors (Lipinski definition) is 2. The molecule has 2 aliphatic rings. The smallest absolute Gasteiger partial charge is 0.272 e. The van der Waals surface area contributed by atoms with Crippen LogP contribution in [0.3, 0.4) is 0 Å². The molecule has 2 aromatic carbocycles. The summed E-state index contributed by atoms with van der Waals surface area (Å²) in [7, 11) is 0. The van der Waals surface area contributed by atoms with Crippen molar-refractivity contribution >= 4 is 16.5 Å². The first-order chi connectivity index (χ1) is 13.5. The largest absolute Gasteiger partial charge is 0.381 e. The van der Waals surface area contributed by atoms with Gasteiger partial charge in [0.2, 0.25) is 0 Å². The van der Waals surface area contributed by atoms with E-state index >= 15 is 0 Å². The lowest BCUT2D eigenvalue weighted by Gasteiger charge is -2.37. The van der Waals surface area contributed by atoms with E-state index in [1.807, 2.05) is 0 Å². The van der Waals surface area contributed by atoms with Crippen LogP contribution < -0.4 is 10.9 Å². The van der Waals surface area contributed by atoms with Crippen molar-refractivity contribution in [1.29, 1.82) is 0 Å². The molecule has 0 saturated carbocycles. The molecule has 0 spiro atoms. The highest BCUT2D eigenvalue weighted by molar-refractivity contribution is 5.97. The summed E-state index contributed by atoms with van der Waals surface area (Å²) < 4.78 is 47.9. The topological polar surface area (TPSA) is 67.0 Å². The van der Waals surface area contributed by atoms with Gasteiger partial charge < -0.3 is 10.1 Å². The van der Waals surface area contributed by atoms with E-state index in [4.69, 9.17) is 4.74 Å². The zero-order chi connectivity index (χ0) is 19.4. The minimum absolute atomic E-state index is 0.0228. The molecule has 3 heterocycles. The van der Waals surface area contributed by atoms with Gasteiger partial charge in [0.25, 0.3) is 5.56 Å². The minimum atomic E-state index is -0.692. The molecule has 5 rings (SSSR count). The molecule has 1 aromatic heterocycles. The Balaban J connectivity index is 1.79. The van der Waals surface area contributed by atoms with E-state index < -0.39 is 28.9 Å². The van der Waals surface area contributed by atoms with E-state index in [2.05, 4.69) is 15.5 Å². The number of halogens is 3. The maximum atomic E-state index is 14.7. The Bertz CT molecular complexity index is 1140. The number of hydrogen-bond acceptors (Lipinski definition) is 4. The van der Waals surface area contributed by atoms with Gasteiger partial charge in [0, 0.05) is 35.7 Å². The third kappa shape index (κ3) is 2.59. The van der Waals surface area contributed by atoms with Crippen LogP contribution in [0, 0.1) is 23.4 Å². The van der Waals surface area contributed by atoms with Crippen molar-refractivity contribution in [2.24, 2.45) is 5.92 Å². The molecule has 3 atom stereocenters. The van der Waals surface area contributed by atoms with Crippen molar-refractivity contribution in [2.45, 2.75) is 18.4 Å². The number of aromatic amines is 1. The molecular formula is C20H16F3N3O2. The average molecular weight is 387 g/mol. The van der Waals surface area contributed by atoms with Gasteiger partial charge in [0.05, 0.1) is 23.6 Å². The highest BCUT2D eigenvalue weighted by atomic mass is 19.1. The third-order valence-electron chi connectivity index (χ3n) is 5.63.